The van der Waals surface area contributed by atoms with Crippen LogP contribution in [0.5, 0.6) is 0 Å². The van der Waals surface area contributed by atoms with Crippen LogP contribution in [0.15, 0.2) is 30.3 Å². The highest BCUT2D eigenvalue weighted by molar-refractivity contribution is 5.43. The van der Waals surface area contributed by atoms with Crippen LogP contribution in [0.4, 0.5) is 10.2 Å². The van der Waals surface area contributed by atoms with Gasteiger partial charge in [-0.05, 0) is 31.0 Å². The molecule has 0 amide bonds. The van der Waals surface area contributed by atoms with Crippen LogP contribution in [0.25, 0.3) is 5.69 Å². The van der Waals surface area contributed by atoms with Gasteiger partial charge in [-0.15, -0.1) is 0 Å². The number of nitrogen functional groups attached to an aromatic ring is 1. The Balaban J connectivity index is 1.92. The van der Waals surface area contributed by atoms with E-state index in [0.717, 1.165) is 5.69 Å². The zero-order valence-corrected chi connectivity index (χ0v) is 10.8. The summed E-state index contributed by atoms with van der Waals surface area (Å²) in [4.78, 5) is 0. The van der Waals surface area contributed by atoms with Gasteiger partial charge in [0.25, 0.3) is 0 Å². The minimum atomic E-state index is -0.272. The van der Waals surface area contributed by atoms with Crippen LogP contribution in [0, 0.1) is 5.82 Å². The summed E-state index contributed by atoms with van der Waals surface area (Å²) < 4.78 is 14.9. The molecule has 0 saturated heterocycles. The predicted molar refractivity (Wildman–Crippen MR) is 73.8 cm³/mol. The molecule has 0 unspecified atom stereocenters. The van der Waals surface area contributed by atoms with Gasteiger partial charge in [0.05, 0.1) is 11.4 Å². The first-order valence-corrected chi connectivity index (χ1v) is 6.85. The van der Waals surface area contributed by atoms with E-state index < -0.39 is 0 Å². The maximum atomic E-state index is 13.3. The number of rotatable bonds is 2. The maximum Gasteiger partial charge on any atom is 0.127 e. The Labute approximate surface area is 112 Å². The first-order chi connectivity index (χ1) is 9.24. The molecule has 2 N–H and O–H groups in total. The molecule has 0 spiro atoms. The van der Waals surface area contributed by atoms with Gasteiger partial charge in [-0.3, -0.25) is 0 Å². The fourth-order valence-corrected chi connectivity index (χ4v) is 2.83. The summed E-state index contributed by atoms with van der Waals surface area (Å²) in [5.41, 5.74) is 7.73. The molecule has 4 heteroatoms. The summed E-state index contributed by atoms with van der Waals surface area (Å²) in [7, 11) is 0. The van der Waals surface area contributed by atoms with Crippen molar-refractivity contribution in [3.8, 4) is 5.69 Å². The molecule has 1 aromatic carbocycles. The molecule has 0 atom stereocenters. The van der Waals surface area contributed by atoms with Gasteiger partial charge >= 0.3 is 0 Å². The highest BCUT2D eigenvalue weighted by atomic mass is 19.1. The average Bonchev–Trinajstić information content (AvgIpc) is 2.82. The van der Waals surface area contributed by atoms with E-state index in [4.69, 9.17) is 5.73 Å². The molecule has 19 heavy (non-hydrogen) atoms. The lowest BCUT2D eigenvalue weighted by Gasteiger charge is -2.19. The smallest absolute Gasteiger partial charge is 0.127 e. The molecule has 1 aliphatic carbocycles. The molecule has 1 aromatic heterocycles. The minimum absolute atomic E-state index is 0.272. The van der Waals surface area contributed by atoms with E-state index in [1.807, 2.05) is 12.1 Å². The van der Waals surface area contributed by atoms with Crippen LogP contribution >= 0.6 is 0 Å². The van der Waals surface area contributed by atoms with Gasteiger partial charge in [-0.2, -0.15) is 5.10 Å². The topological polar surface area (TPSA) is 43.8 Å². The first-order valence-electron chi connectivity index (χ1n) is 6.85. The van der Waals surface area contributed by atoms with Gasteiger partial charge < -0.3 is 5.73 Å². The van der Waals surface area contributed by atoms with Crippen molar-refractivity contribution in [1.82, 2.24) is 9.78 Å². The first kappa shape index (κ1) is 12.2. The molecule has 1 aliphatic rings. The van der Waals surface area contributed by atoms with Gasteiger partial charge in [0, 0.05) is 12.0 Å². The van der Waals surface area contributed by atoms with Crippen LogP contribution < -0.4 is 5.73 Å². The molecule has 3 rings (SSSR count). The van der Waals surface area contributed by atoms with Crippen LogP contribution in [-0.4, -0.2) is 9.78 Å². The lowest BCUT2D eigenvalue weighted by Crippen LogP contribution is -2.06. The quantitative estimate of drug-likeness (QED) is 0.894. The van der Waals surface area contributed by atoms with Crippen molar-refractivity contribution in [2.24, 2.45) is 0 Å². The third-order valence-electron chi connectivity index (χ3n) is 3.83. The SMILES string of the molecule is Nc1cc(C2CCCCC2)nn1-c1cccc(F)c1. The standard InChI is InChI=1S/C15H18FN3/c16-12-7-4-8-13(9-12)19-15(17)10-14(18-19)11-5-2-1-3-6-11/h4,7-11H,1-3,5-6,17H2. The molecular weight excluding hydrogens is 241 g/mol. The average molecular weight is 259 g/mol. The molecule has 1 saturated carbocycles. The molecule has 100 valence electrons. The lowest BCUT2D eigenvalue weighted by molar-refractivity contribution is 0.435. The molecule has 0 radical (unpaired) electrons. The zero-order chi connectivity index (χ0) is 13.2. The molecule has 3 nitrogen and oxygen atoms in total. The lowest BCUT2D eigenvalue weighted by atomic mass is 9.87. The van der Waals surface area contributed by atoms with Crippen LogP contribution in [0.2, 0.25) is 0 Å². The third-order valence-corrected chi connectivity index (χ3v) is 3.83. The van der Waals surface area contributed by atoms with E-state index >= 15 is 0 Å². The summed E-state index contributed by atoms with van der Waals surface area (Å²) in [6, 6.07) is 8.29. The Morgan fingerprint density at radius 3 is 2.68 bits per heavy atom. The Kier molecular flexibility index (Phi) is 3.23. The number of aromatic nitrogens is 2. The number of nitrogens with zero attached hydrogens (tertiary/aromatic N) is 2. The molecule has 2 aromatic rings. The minimum Gasteiger partial charge on any atom is -0.384 e. The van der Waals surface area contributed by atoms with Crippen molar-refractivity contribution in [1.29, 1.82) is 0 Å². The summed E-state index contributed by atoms with van der Waals surface area (Å²) in [6.07, 6.45) is 6.20. The number of halogens is 1. The number of anilines is 1. The Morgan fingerprint density at radius 2 is 1.95 bits per heavy atom. The fourth-order valence-electron chi connectivity index (χ4n) is 2.83. The van der Waals surface area contributed by atoms with E-state index in [2.05, 4.69) is 5.10 Å². The van der Waals surface area contributed by atoms with Gasteiger partial charge in [0.15, 0.2) is 0 Å². The summed E-state index contributed by atoms with van der Waals surface area (Å²) in [5, 5.41) is 4.57. The van der Waals surface area contributed by atoms with E-state index in [1.165, 1.54) is 44.2 Å². The summed E-state index contributed by atoms with van der Waals surface area (Å²) >= 11 is 0. The monoisotopic (exact) mass is 259 g/mol. The zero-order valence-electron chi connectivity index (χ0n) is 10.8. The van der Waals surface area contributed by atoms with Crippen molar-refractivity contribution in [3.63, 3.8) is 0 Å². The van der Waals surface area contributed by atoms with Gasteiger partial charge in [0.1, 0.15) is 11.6 Å². The van der Waals surface area contributed by atoms with E-state index in [-0.39, 0.29) is 5.82 Å². The van der Waals surface area contributed by atoms with Crippen LogP contribution in [0.1, 0.15) is 43.7 Å². The molecule has 1 fully saturated rings. The highest BCUT2D eigenvalue weighted by Gasteiger charge is 2.19. The van der Waals surface area contributed by atoms with Crippen LogP contribution in [0.3, 0.4) is 0 Å². The highest BCUT2D eigenvalue weighted by Crippen LogP contribution is 2.33. The van der Waals surface area contributed by atoms with Gasteiger partial charge in [-0.1, -0.05) is 25.3 Å². The second-order valence-corrected chi connectivity index (χ2v) is 5.22. The van der Waals surface area contributed by atoms with Crippen molar-refractivity contribution in [2.75, 3.05) is 5.73 Å². The Morgan fingerprint density at radius 1 is 1.16 bits per heavy atom. The van der Waals surface area contributed by atoms with Crippen molar-refractivity contribution in [2.45, 2.75) is 38.0 Å². The second kappa shape index (κ2) is 5.03. The fraction of sp³-hybridized carbons (Fsp3) is 0.400. The summed E-state index contributed by atoms with van der Waals surface area (Å²) in [6.45, 7) is 0. The predicted octanol–water partition coefficient (Wildman–Crippen LogP) is 3.64. The normalized spacial score (nSPS) is 16.7. The maximum absolute atomic E-state index is 13.3. The van der Waals surface area contributed by atoms with Crippen LogP contribution in [-0.2, 0) is 0 Å². The van der Waals surface area contributed by atoms with E-state index in [1.54, 1.807) is 10.7 Å². The summed E-state index contributed by atoms with van der Waals surface area (Å²) in [5.74, 6) is 0.809. The van der Waals surface area contributed by atoms with Gasteiger partial charge in [-0.25, -0.2) is 9.07 Å². The Hall–Kier alpha value is -1.84. The van der Waals surface area contributed by atoms with Crippen molar-refractivity contribution in [3.05, 3.63) is 41.8 Å². The second-order valence-electron chi connectivity index (χ2n) is 5.22. The van der Waals surface area contributed by atoms with Gasteiger partial charge in [0.2, 0.25) is 0 Å². The molecule has 0 aliphatic heterocycles. The third kappa shape index (κ3) is 2.48. The molecule has 0 bridgehead atoms. The van der Waals surface area contributed by atoms with E-state index in [9.17, 15) is 4.39 Å². The molecular formula is C15H18FN3. The number of nitrogens with two attached hydrogens (primary N) is 1. The number of benzene rings is 1. The van der Waals surface area contributed by atoms with E-state index in [0.29, 0.717) is 17.4 Å². The van der Waals surface area contributed by atoms with Crippen molar-refractivity contribution >= 4 is 5.82 Å². The van der Waals surface area contributed by atoms with Crippen molar-refractivity contribution < 1.29 is 4.39 Å². The molecule has 1 heterocycles. The Bertz CT molecular complexity index is 571. The largest absolute Gasteiger partial charge is 0.384 e. The number of hydrogen-bond acceptors (Lipinski definition) is 2. The number of hydrogen-bond donors (Lipinski definition) is 1.